The Kier molecular flexibility index (Phi) is 7.80. The Morgan fingerprint density at radius 2 is 1.61 bits per heavy atom. The Morgan fingerprint density at radius 3 is 2.41 bits per heavy atom. The van der Waals surface area contributed by atoms with Crippen molar-refractivity contribution in [3.63, 3.8) is 0 Å². The summed E-state index contributed by atoms with van der Waals surface area (Å²) in [5.41, 5.74) is 4.87. The molecule has 10 heteroatoms. The van der Waals surface area contributed by atoms with E-state index in [-0.39, 0.29) is 23.7 Å². The number of carbonyl (C=O) groups is 1. The van der Waals surface area contributed by atoms with Gasteiger partial charge >= 0.3 is 6.18 Å². The second-order valence-corrected chi connectivity index (χ2v) is 10.1. The van der Waals surface area contributed by atoms with Crippen LogP contribution in [0.2, 0.25) is 0 Å². The number of amides is 1. The first-order valence-corrected chi connectivity index (χ1v) is 13.7. The Balaban J connectivity index is 1.44. The van der Waals surface area contributed by atoms with Crippen molar-refractivity contribution in [2.45, 2.75) is 25.4 Å². The van der Waals surface area contributed by atoms with E-state index in [1.165, 1.54) is 29.1 Å². The summed E-state index contributed by atoms with van der Waals surface area (Å²) in [6.07, 6.45) is -3.21. The van der Waals surface area contributed by atoms with Gasteiger partial charge in [-0.25, -0.2) is 0 Å². The van der Waals surface area contributed by atoms with Gasteiger partial charge in [0.05, 0.1) is 11.6 Å². The molecule has 7 nitrogen and oxygen atoms in total. The van der Waals surface area contributed by atoms with Gasteiger partial charge in [0.15, 0.2) is 11.4 Å². The molecule has 0 radical (unpaired) electrons. The number of nitrogens with zero attached hydrogens (tertiary/aromatic N) is 1. The van der Waals surface area contributed by atoms with Gasteiger partial charge in [0.1, 0.15) is 19.0 Å². The number of para-hydroxylation sites is 1. The van der Waals surface area contributed by atoms with Gasteiger partial charge in [0, 0.05) is 23.5 Å². The second-order valence-electron chi connectivity index (χ2n) is 10.1. The number of pyridine rings is 1. The van der Waals surface area contributed by atoms with E-state index >= 15 is 0 Å². The van der Waals surface area contributed by atoms with Crippen molar-refractivity contribution in [3.8, 4) is 11.5 Å². The van der Waals surface area contributed by atoms with E-state index in [4.69, 9.17) is 9.47 Å². The summed E-state index contributed by atoms with van der Waals surface area (Å²) in [5.74, 6) is -0.471. The lowest BCUT2D eigenvalue weighted by molar-refractivity contribution is -0.137. The molecule has 4 aromatic carbocycles. The molecular formula is C34H26F3N3O4. The third-order valence-corrected chi connectivity index (χ3v) is 7.19. The number of hydrogen-bond donors (Lipinski definition) is 2. The van der Waals surface area contributed by atoms with Crippen molar-refractivity contribution in [1.29, 1.82) is 0 Å². The molecule has 2 N–H and O–H groups in total. The number of ether oxygens (including phenoxy) is 2. The van der Waals surface area contributed by atoms with Crippen LogP contribution in [0.4, 0.5) is 18.9 Å². The molecule has 1 atom stereocenters. The van der Waals surface area contributed by atoms with E-state index in [0.717, 1.165) is 34.4 Å². The Labute approximate surface area is 250 Å². The molecule has 0 fully saturated rings. The number of hydrogen-bond acceptors (Lipinski definition) is 5. The molecule has 1 unspecified atom stereocenters. The zero-order valence-electron chi connectivity index (χ0n) is 23.2. The third-order valence-electron chi connectivity index (χ3n) is 7.19. The maximum absolute atomic E-state index is 13.9. The smallest absolute Gasteiger partial charge is 0.416 e. The van der Waals surface area contributed by atoms with Gasteiger partial charge in [-0.2, -0.15) is 13.2 Å². The average Bonchev–Trinajstić information content (AvgIpc) is 3.18. The number of carbonyl (C=O) groups excluding carboxylic acids is 1. The number of rotatable bonds is 7. The van der Waals surface area contributed by atoms with Crippen LogP contribution in [0.5, 0.6) is 11.5 Å². The predicted octanol–water partition coefficient (Wildman–Crippen LogP) is 6.92. The zero-order chi connectivity index (χ0) is 30.7. The van der Waals surface area contributed by atoms with Gasteiger partial charge in [0.2, 0.25) is 5.43 Å². The number of fused-ring (bicyclic) bond motifs is 2. The molecule has 0 saturated heterocycles. The van der Waals surface area contributed by atoms with Crippen LogP contribution in [-0.2, 0) is 19.4 Å². The van der Waals surface area contributed by atoms with Crippen LogP contribution in [-0.4, -0.2) is 10.6 Å². The number of halogens is 3. The maximum Gasteiger partial charge on any atom is 0.416 e. The van der Waals surface area contributed by atoms with Crippen molar-refractivity contribution < 1.29 is 27.4 Å². The fourth-order valence-corrected chi connectivity index (χ4v) is 5.07. The van der Waals surface area contributed by atoms with Gasteiger partial charge in [-0.05, 0) is 41.0 Å². The van der Waals surface area contributed by atoms with Crippen molar-refractivity contribution in [3.05, 3.63) is 159 Å². The highest BCUT2D eigenvalue weighted by molar-refractivity contribution is 6.05. The largest absolute Gasteiger partial charge is 0.489 e. The van der Waals surface area contributed by atoms with Crippen LogP contribution >= 0.6 is 0 Å². The van der Waals surface area contributed by atoms with E-state index in [9.17, 15) is 22.8 Å². The zero-order valence-corrected chi connectivity index (χ0v) is 23.2. The summed E-state index contributed by atoms with van der Waals surface area (Å²) in [4.78, 5) is 27.1. The second kappa shape index (κ2) is 12.0. The van der Waals surface area contributed by atoms with Crippen molar-refractivity contribution in [1.82, 2.24) is 4.68 Å². The summed E-state index contributed by atoms with van der Waals surface area (Å²) in [7, 11) is 0. The molecule has 222 valence electrons. The normalized spacial score (nSPS) is 13.9. The van der Waals surface area contributed by atoms with Gasteiger partial charge in [0.25, 0.3) is 5.91 Å². The topological polar surface area (TPSA) is 81.6 Å². The predicted molar refractivity (Wildman–Crippen MR) is 159 cm³/mol. The quantitative estimate of drug-likeness (QED) is 0.213. The molecule has 0 aliphatic carbocycles. The van der Waals surface area contributed by atoms with E-state index in [0.29, 0.717) is 12.4 Å². The molecule has 2 heterocycles. The molecule has 1 aliphatic heterocycles. The lowest BCUT2D eigenvalue weighted by Crippen LogP contribution is -2.31. The first-order valence-electron chi connectivity index (χ1n) is 13.7. The molecule has 44 heavy (non-hydrogen) atoms. The fourth-order valence-electron chi connectivity index (χ4n) is 5.07. The lowest BCUT2D eigenvalue weighted by Gasteiger charge is -2.26. The average molecular weight is 598 g/mol. The summed E-state index contributed by atoms with van der Waals surface area (Å²) in [5, 5.41) is 2.52. The molecule has 0 spiro atoms. The molecule has 0 bridgehead atoms. The molecule has 5 aromatic rings. The minimum Gasteiger partial charge on any atom is -0.489 e. The Bertz CT molecular complexity index is 1820. The van der Waals surface area contributed by atoms with E-state index in [2.05, 4.69) is 10.7 Å². The Morgan fingerprint density at radius 1 is 0.886 bits per heavy atom. The first-order chi connectivity index (χ1) is 21.3. The minimum atomic E-state index is -4.61. The SMILES string of the molecule is O=C(Nc1cccc(C(F)(F)F)c1)c1c(OCc2ccccc2)c(=O)ccn1NC1c2ccccc2COc2ccccc21. The monoisotopic (exact) mass is 597 g/mol. The van der Waals surface area contributed by atoms with Crippen LogP contribution in [0.25, 0.3) is 0 Å². The van der Waals surface area contributed by atoms with Crippen molar-refractivity contribution in [2.75, 3.05) is 10.7 Å². The molecular weight excluding hydrogens is 571 g/mol. The van der Waals surface area contributed by atoms with Crippen LogP contribution in [0.1, 0.15) is 44.3 Å². The number of benzene rings is 4. The van der Waals surface area contributed by atoms with E-state index in [1.807, 2.05) is 78.9 Å². The highest BCUT2D eigenvalue weighted by atomic mass is 19.4. The molecule has 6 rings (SSSR count). The highest BCUT2D eigenvalue weighted by Crippen LogP contribution is 2.37. The summed E-state index contributed by atoms with van der Waals surface area (Å²) < 4.78 is 53.6. The summed E-state index contributed by atoms with van der Waals surface area (Å²) in [6, 6.07) is 29.2. The number of nitrogens with one attached hydrogen (secondary N) is 2. The molecule has 1 aliphatic rings. The number of anilines is 1. The summed E-state index contributed by atoms with van der Waals surface area (Å²) in [6.45, 7) is 0.302. The van der Waals surface area contributed by atoms with Crippen LogP contribution in [0, 0.1) is 0 Å². The summed E-state index contributed by atoms with van der Waals surface area (Å²) >= 11 is 0. The molecule has 0 saturated carbocycles. The highest BCUT2D eigenvalue weighted by Gasteiger charge is 2.31. The maximum atomic E-state index is 13.9. The van der Waals surface area contributed by atoms with Gasteiger partial charge < -0.3 is 20.2 Å². The van der Waals surface area contributed by atoms with Crippen LogP contribution in [0.3, 0.4) is 0 Å². The molecule has 1 amide bonds. The van der Waals surface area contributed by atoms with Gasteiger partial charge in [-0.3, -0.25) is 14.3 Å². The third kappa shape index (κ3) is 6.00. The van der Waals surface area contributed by atoms with Gasteiger partial charge in [-0.15, -0.1) is 0 Å². The van der Waals surface area contributed by atoms with Crippen LogP contribution in [0.15, 0.2) is 120 Å². The fraction of sp³-hybridized carbons (Fsp3) is 0.118. The number of aromatic nitrogens is 1. The van der Waals surface area contributed by atoms with Gasteiger partial charge in [-0.1, -0.05) is 78.9 Å². The molecule has 1 aromatic heterocycles. The minimum absolute atomic E-state index is 0.0210. The lowest BCUT2D eigenvalue weighted by atomic mass is 9.95. The van der Waals surface area contributed by atoms with Crippen molar-refractivity contribution in [2.24, 2.45) is 0 Å². The van der Waals surface area contributed by atoms with E-state index in [1.54, 1.807) is 0 Å². The Hall–Kier alpha value is -5.51. The first kappa shape index (κ1) is 28.6. The van der Waals surface area contributed by atoms with Crippen LogP contribution < -0.4 is 25.6 Å². The number of alkyl halides is 3. The standard InChI is InChI=1S/C34H26F3N3O4/c35-34(36,37)24-12-8-13-25(19-24)38-33(42)31-32(44-20-22-9-2-1-3-10-22)28(41)17-18-40(31)39-30-26-14-5-4-11-23(26)21-43-29-16-7-6-15-27(29)30/h1-19,30,39H,20-21H2,(H,38,42). The van der Waals surface area contributed by atoms with Crippen molar-refractivity contribution >= 4 is 11.6 Å². The van der Waals surface area contributed by atoms with E-state index < -0.39 is 29.1 Å².